The van der Waals surface area contributed by atoms with E-state index in [-0.39, 0.29) is 30.2 Å². The van der Waals surface area contributed by atoms with Crippen molar-refractivity contribution in [3.8, 4) is 0 Å². The molecule has 0 radical (unpaired) electrons. The number of hydrogen-bond acceptors (Lipinski definition) is 3. The SMILES string of the molecule is Cc1sc(C(C)(C)C)cc1CN[C@H]1CCCN[C@H]1c1ccccc1.Cl.Cl. The molecule has 0 spiro atoms. The molecule has 26 heavy (non-hydrogen) atoms. The van der Waals surface area contributed by atoms with Crippen molar-refractivity contribution >= 4 is 36.2 Å². The van der Waals surface area contributed by atoms with Crippen molar-refractivity contribution in [1.82, 2.24) is 10.6 Å². The van der Waals surface area contributed by atoms with Crippen LogP contribution in [0.3, 0.4) is 0 Å². The van der Waals surface area contributed by atoms with Crippen LogP contribution in [0.4, 0.5) is 0 Å². The molecule has 2 N–H and O–H groups in total. The van der Waals surface area contributed by atoms with Crippen LogP contribution in [0, 0.1) is 6.92 Å². The monoisotopic (exact) mass is 414 g/mol. The van der Waals surface area contributed by atoms with Gasteiger partial charge in [0.25, 0.3) is 0 Å². The topological polar surface area (TPSA) is 24.1 Å². The van der Waals surface area contributed by atoms with Crippen LogP contribution >= 0.6 is 36.2 Å². The Hall–Kier alpha value is -0.580. The lowest BCUT2D eigenvalue weighted by molar-refractivity contribution is 0.304. The number of aryl methyl sites for hydroxylation is 1. The van der Waals surface area contributed by atoms with Crippen LogP contribution in [0.2, 0.25) is 0 Å². The first-order chi connectivity index (χ1) is 11.4. The maximum absolute atomic E-state index is 3.84. The number of halogens is 2. The van der Waals surface area contributed by atoms with E-state index in [1.165, 1.54) is 33.7 Å². The number of piperidine rings is 1. The molecule has 146 valence electrons. The summed E-state index contributed by atoms with van der Waals surface area (Å²) < 4.78 is 0. The predicted octanol–water partition coefficient (Wildman–Crippen LogP) is 5.78. The van der Waals surface area contributed by atoms with Crippen LogP contribution in [0.1, 0.15) is 60.5 Å². The maximum Gasteiger partial charge on any atom is 0.0476 e. The molecule has 1 aliphatic rings. The van der Waals surface area contributed by atoms with Crippen molar-refractivity contribution in [2.24, 2.45) is 0 Å². The van der Waals surface area contributed by atoms with E-state index in [4.69, 9.17) is 0 Å². The normalized spacial score (nSPS) is 20.2. The zero-order chi connectivity index (χ0) is 17.2. The summed E-state index contributed by atoms with van der Waals surface area (Å²) in [5.74, 6) is 0. The number of nitrogens with one attached hydrogen (secondary N) is 2. The Morgan fingerprint density at radius 3 is 2.46 bits per heavy atom. The summed E-state index contributed by atoms with van der Waals surface area (Å²) >= 11 is 1.95. The Bertz CT molecular complexity index is 664. The van der Waals surface area contributed by atoms with Gasteiger partial charge >= 0.3 is 0 Å². The molecule has 2 atom stereocenters. The fourth-order valence-corrected chi connectivity index (χ4v) is 4.52. The largest absolute Gasteiger partial charge is 0.309 e. The van der Waals surface area contributed by atoms with Crippen LogP contribution in [0.5, 0.6) is 0 Å². The third kappa shape index (κ3) is 5.71. The molecule has 2 nitrogen and oxygen atoms in total. The first-order valence-corrected chi connectivity index (χ1v) is 9.88. The van der Waals surface area contributed by atoms with Gasteiger partial charge in [0.05, 0.1) is 0 Å². The lowest BCUT2D eigenvalue weighted by Crippen LogP contribution is -2.45. The fourth-order valence-electron chi connectivity index (χ4n) is 3.42. The van der Waals surface area contributed by atoms with Gasteiger partial charge in [-0.1, -0.05) is 51.1 Å². The summed E-state index contributed by atoms with van der Waals surface area (Å²) in [5.41, 5.74) is 3.10. The third-order valence-electron chi connectivity index (χ3n) is 4.93. The molecule has 3 rings (SSSR count). The molecule has 1 aromatic heterocycles. The molecule has 2 heterocycles. The van der Waals surface area contributed by atoms with Crippen LogP contribution in [0.15, 0.2) is 36.4 Å². The zero-order valence-electron chi connectivity index (χ0n) is 16.2. The van der Waals surface area contributed by atoms with Gasteiger partial charge in [0.2, 0.25) is 0 Å². The smallest absolute Gasteiger partial charge is 0.0476 e. The van der Waals surface area contributed by atoms with Gasteiger partial charge in [-0.2, -0.15) is 0 Å². The van der Waals surface area contributed by atoms with Crippen molar-refractivity contribution in [3.05, 3.63) is 57.3 Å². The van der Waals surface area contributed by atoms with Crippen molar-refractivity contribution in [2.45, 2.75) is 64.6 Å². The average molecular weight is 415 g/mol. The second kappa shape index (κ2) is 10.1. The lowest BCUT2D eigenvalue weighted by Gasteiger charge is -2.34. The molecule has 0 bridgehead atoms. The van der Waals surface area contributed by atoms with Gasteiger partial charge in [-0.15, -0.1) is 36.2 Å². The highest BCUT2D eigenvalue weighted by atomic mass is 35.5. The molecule has 1 fully saturated rings. The summed E-state index contributed by atoms with van der Waals surface area (Å²) in [7, 11) is 0. The fraction of sp³-hybridized carbons (Fsp3) is 0.524. The van der Waals surface area contributed by atoms with E-state index < -0.39 is 0 Å². The Labute approximate surface area is 175 Å². The van der Waals surface area contributed by atoms with Crippen molar-refractivity contribution in [3.63, 3.8) is 0 Å². The van der Waals surface area contributed by atoms with Crippen molar-refractivity contribution in [2.75, 3.05) is 6.54 Å². The summed E-state index contributed by atoms with van der Waals surface area (Å²) in [6.07, 6.45) is 2.48. The van der Waals surface area contributed by atoms with Gasteiger partial charge in [0, 0.05) is 28.4 Å². The Morgan fingerprint density at radius 1 is 1.15 bits per heavy atom. The summed E-state index contributed by atoms with van der Waals surface area (Å²) in [6.45, 7) is 11.2. The zero-order valence-corrected chi connectivity index (χ0v) is 18.6. The van der Waals surface area contributed by atoms with E-state index in [0.29, 0.717) is 12.1 Å². The Balaban J connectivity index is 0.00000169. The highest BCUT2D eigenvalue weighted by Crippen LogP contribution is 2.32. The number of hydrogen-bond donors (Lipinski definition) is 2. The summed E-state index contributed by atoms with van der Waals surface area (Å²) in [5, 5.41) is 7.54. The Morgan fingerprint density at radius 2 is 1.85 bits per heavy atom. The first-order valence-electron chi connectivity index (χ1n) is 9.06. The molecular formula is C21H32Cl2N2S. The summed E-state index contributed by atoms with van der Waals surface area (Å²) in [4.78, 5) is 2.94. The second-order valence-corrected chi connectivity index (χ2v) is 9.17. The second-order valence-electron chi connectivity index (χ2n) is 7.91. The Kier molecular flexibility index (Phi) is 9.11. The van der Waals surface area contributed by atoms with Crippen LogP contribution in [-0.2, 0) is 12.0 Å². The van der Waals surface area contributed by atoms with Gasteiger partial charge in [-0.05, 0) is 48.9 Å². The van der Waals surface area contributed by atoms with Gasteiger partial charge < -0.3 is 10.6 Å². The maximum atomic E-state index is 3.84. The third-order valence-corrected chi connectivity index (χ3v) is 6.45. The molecular weight excluding hydrogens is 383 g/mol. The van der Waals surface area contributed by atoms with E-state index in [1.807, 2.05) is 11.3 Å². The van der Waals surface area contributed by atoms with E-state index in [0.717, 1.165) is 13.1 Å². The number of rotatable bonds is 4. The molecule has 0 saturated carbocycles. The molecule has 5 heteroatoms. The first kappa shape index (κ1) is 23.5. The molecule has 0 amide bonds. The predicted molar refractivity (Wildman–Crippen MR) is 119 cm³/mol. The minimum Gasteiger partial charge on any atom is -0.309 e. The standard InChI is InChI=1S/C21H30N2S.2ClH/c1-15-17(13-19(24-15)21(2,3)4)14-23-18-11-8-12-22-20(18)16-9-6-5-7-10-16;;/h5-7,9-10,13,18,20,22-23H,8,11-12,14H2,1-4H3;2*1H/t18-,20-;;/m0../s1. The minimum atomic E-state index is 0. The van der Waals surface area contributed by atoms with Gasteiger partial charge in [0.15, 0.2) is 0 Å². The summed E-state index contributed by atoms with van der Waals surface area (Å²) in [6, 6.07) is 14.2. The molecule has 1 saturated heterocycles. The van der Waals surface area contributed by atoms with Crippen molar-refractivity contribution < 1.29 is 0 Å². The number of thiophene rings is 1. The van der Waals surface area contributed by atoms with E-state index in [2.05, 4.69) is 74.7 Å². The van der Waals surface area contributed by atoms with E-state index in [9.17, 15) is 0 Å². The van der Waals surface area contributed by atoms with Crippen LogP contribution in [-0.4, -0.2) is 12.6 Å². The molecule has 0 aliphatic carbocycles. The van der Waals surface area contributed by atoms with Crippen molar-refractivity contribution in [1.29, 1.82) is 0 Å². The van der Waals surface area contributed by atoms with Gasteiger partial charge in [-0.3, -0.25) is 0 Å². The quantitative estimate of drug-likeness (QED) is 0.661. The van der Waals surface area contributed by atoms with Crippen LogP contribution < -0.4 is 10.6 Å². The van der Waals surface area contributed by atoms with E-state index >= 15 is 0 Å². The molecule has 0 unspecified atom stereocenters. The van der Waals surface area contributed by atoms with Gasteiger partial charge in [-0.25, -0.2) is 0 Å². The van der Waals surface area contributed by atoms with Crippen LogP contribution in [0.25, 0.3) is 0 Å². The minimum absolute atomic E-state index is 0. The highest BCUT2D eigenvalue weighted by Gasteiger charge is 2.26. The average Bonchev–Trinajstić information content (AvgIpc) is 2.95. The molecule has 1 aromatic carbocycles. The highest BCUT2D eigenvalue weighted by molar-refractivity contribution is 7.12. The number of benzene rings is 1. The van der Waals surface area contributed by atoms with Gasteiger partial charge in [0.1, 0.15) is 0 Å². The molecule has 2 aromatic rings. The van der Waals surface area contributed by atoms with E-state index in [1.54, 1.807) is 0 Å². The lowest BCUT2D eigenvalue weighted by atomic mass is 9.92. The molecule has 1 aliphatic heterocycles.